The van der Waals surface area contributed by atoms with Gasteiger partial charge in [-0.1, -0.05) is 36.7 Å². The Labute approximate surface area is 163 Å². The van der Waals surface area contributed by atoms with Gasteiger partial charge in [0.2, 0.25) is 15.9 Å². The van der Waals surface area contributed by atoms with Crippen LogP contribution in [0.5, 0.6) is 0 Å². The zero-order chi connectivity index (χ0) is 20.0. The maximum Gasteiger partial charge on any atom is 0.251 e. The quantitative estimate of drug-likeness (QED) is 0.651. The van der Waals surface area contributed by atoms with E-state index >= 15 is 0 Å². The molecule has 27 heavy (non-hydrogen) atoms. The smallest absolute Gasteiger partial charge is 0.251 e. The molecule has 0 radical (unpaired) electrons. The highest BCUT2D eigenvalue weighted by Crippen LogP contribution is 2.22. The van der Waals surface area contributed by atoms with E-state index in [1.807, 2.05) is 25.1 Å². The van der Waals surface area contributed by atoms with Crippen molar-refractivity contribution in [3.05, 3.63) is 58.6 Å². The third-order valence-corrected chi connectivity index (χ3v) is 5.73. The summed E-state index contributed by atoms with van der Waals surface area (Å²) in [5.41, 5.74) is 1.75. The van der Waals surface area contributed by atoms with Crippen molar-refractivity contribution < 1.29 is 18.0 Å². The molecular formula is C18H20ClN3O4S. The van der Waals surface area contributed by atoms with Crippen LogP contribution in [0, 0.1) is 0 Å². The average Bonchev–Trinajstić information content (AvgIpc) is 2.66. The van der Waals surface area contributed by atoms with Gasteiger partial charge in [-0.05, 0) is 43.3 Å². The van der Waals surface area contributed by atoms with Crippen molar-refractivity contribution in [2.45, 2.75) is 18.2 Å². The lowest BCUT2D eigenvalue weighted by Crippen LogP contribution is -2.33. The number of nitrogens with one attached hydrogen (secondary N) is 3. The van der Waals surface area contributed by atoms with Crippen molar-refractivity contribution in [2.24, 2.45) is 0 Å². The van der Waals surface area contributed by atoms with Crippen LogP contribution in [0.1, 0.15) is 22.8 Å². The van der Waals surface area contributed by atoms with E-state index in [9.17, 15) is 18.0 Å². The number of carbonyl (C=O) groups excluding carboxylic acids is 2. The molecule has 0 saturated carbocycles. The number of hydrogen-bond donors (Lipinski definition) is 3. The van der Waals surface area contributed by atoms with Crippen molar-refractivity contribution in [1.82, 2.24) is 10.0 Å². The van der Waals surface area contributed by atoms with Gasteiger partial charge in [-0.15, -0.1) is 0 Å². The van der Waals surface area contributed by atoms with Gasteiger partial charge in [0.25, 0.3) is 5.91 Å². The number of halogens is 1. The van der Waals surface area contributed by atoms with Gasteiger partial charge in [0, 0.05) is 11.3 Å². The monoisotopic (exact) mass is 409 g/mol. The Hall–Kier alpha value is -2.42. The molecule has 2 aromatic carbocycles. The second-order valence-corrected chi connectivity index (χ2v) is 7.86. The molecule has 7 nitrogen and oxygen atoms in total. The lowest BCUT2D eigenvalue weighted by Gasteiger charge is -2.11. The molecule has 3 N–H and O–H groups in total. The first-order valence-electron chi connectivity index (χ1n) is 8.17. The van der Waals surface area contributed by atoms with E-state index in [0.717, 1.165) is 18.1 Å². The van der Waals surface area contributed by atoms with E-state index in [0.29, 0.717) is 5.69 Å². The summed E-state index contributed by atoms with van der Waals surface area (Å²) in [5, 5.41) is 5.20. The lowest BCUT2D eigenvalue weighted by molar-refractivity contribution is -0.115. The molecule has 2 aromatic rings. The standard InChI is InChI=1S/C18H20ClN3O4S/c1-3-12-6-4-5-7-15(12)22-17(23)11-21-18(24)13-8-9-14(19)16(10-13)27(25,26)20-2/h4-10,20H,3,11H2,1-2H3,(H,21,24)(H,22,23). The molecule has 0 saturated heterocycles. The van der Waals surface area contributed by atoms with Gasteiger partial charge in [-0.3, -0.25) is 9.59 Å². The molecule has 0 atom stereocenters. The minimum absolute atomic E-state index is 0.00480. The Morgan fingerprint density at radius 2 is 1.81 bits per heavy atom. The van der Waals surface area contributed by atoms with Crippen LogP contribution in [0.3, 0.4) is 0 Å². The summed E-state index contributed by atoms with van der Waals surface area (Å²) in [6, 6.07) is 11.2. The normalized spacial score (nSPS) is 11.1. The Morgan fingerprint density at radius 1 is 1.11 bits per heavy atom. The largest absolute Gasteiger partial charge is 0.343 e. The highest BCUT2D eigenvalue weighted by atomic mass is 35.5. The minimum Gasteiger partial charge on any atom is -0.343 e. The zero-order valence-corrected chi connectivity index (χ0v) is 16.4. The molecule has 0 fully saturated rings. The van der Waals surface area contributed by atoms with Gasteiger partial charge < -0.3 is 10.6 Å². The number of hydrogen-bond acceptors (Lipinski definition) is 4. The number of anilines is 1. The number of carbonyl (C=O) groups is 2. The van der Waals surface area contributed by atoms with Gasteiger partial charge >= 0.3 is 0 Å². The summed E-state index contributed by atoms with van der Waals surface area (Å²) in [5.74, 6) is -0.973. The van der Waals surface area contributed by atoms with Crippen LogP contribution < -0.4 is 15.4 Å². The molecule has 0 aliphatic heterocycles. The summed E-state index contributed by atoms with van der Waals surface area (Å²) in [4.78, 5) is 24.1. The third-order valence-electron chi connectivity index (χ3n) is 3.83. The van der Waals surface area contributed by atoms with Crippen molar-refractivity contribution in [3.63, 3.8) is 0 Å². The fraction of sp³-hybridized carbons (Fsp3) is 0.222. The van der Waals surface area contributed by atoms with Crippen molar-refractivity contribution in [1.29, 1.82) is 0 Å². The van der Waals surface area contributed by atoms with E-state index < -0.39 is 15.9 Å². The Morgan fingerprint density at radius 3 is 2.48 bits per heavy atom. The Balaban J connectivity index is 2.05. The molecule has 0 spiro atoms. The first kappa shape index (κ1) is 20.9. The molecular weight excluding hydrogens is 390 g/mol. The fourth-order valence-electron chi connectivity index (χ4n) is 2.37. The van der Waals surface area contributed by atoms with Crippen molar-refractivity contribution in [2.75, 3.05) is 18.9 Å². The van der Waals surface area contributed by atoms with Crippen LogP contribution in [0.15, 0.2) is 47.4 Å². The summed E-state index contributed by atoms with van der Waals surface area (Å²) >= 11 is 5.90. The zero-order valence-electron chi connectivity index (χ0n) is 14.9. The molecule has 0 aromatic heterocycles. The second kappa shape index (κ2) is 8.98. The highest BCUT2D eigenvalue weighted by molar-refractivity contribution is 7.89. The molecule has 0 bridgehead atoms. The van der Waals surface area contributed by atoms with E-state index in [4.69, 9.17) is 11.6 Å². The van der Waals surface area contributed by atoms with Gasteiger partial charge in [0.05, 0.1) is 11.6 Å². The summed E-state index contributed by atoms with van der Waals surface area (Å²) in [7, 11) is -2.56. The lowest BCUT2D eigenvalue weighted by atomic mass is 10.1. The molecule has 2 amide bonds. The van der Waals surface area contributed by atoms with Gasteiger partial charge in [0.1, 0.15) is 4.90 Å². The van der Waals surface area contributed by atoms with Gasteiger partial charge in [0.15, 0.2) is 0 Å². The maximum atomic E-state index is 12.3. The minimum atomic E-state index is -3.81. The maximum absolute atomic E-state index is 12.3. The number of benzene rings is 2. The predicted molar refractivity (Wildman–Crippen MR) is 104 cm³/mol. The van der Waals surface area contributed by atoms with Crippen LogP contribution in [0.25, 0.3) is 0 Å². The summed E-state index contributed by atoms with van der Waals surface area (Å²) < 4.78 is 26.0. The van der Waals surface area contributed by atoms with Crippen LogP contribution in [0.2, 0.25) is 5.02 Å². The number of aryl methyl sites for hydroxylation is 1. The van der Waals surface area contributed by atoms with Crippen LogP contribution in [0.4, 0.5) is 5.69 Å². The summed E-state index contributed by atoms with van der Waals surface area (Å²) in [6.45, 7) is 1.72. The topological polar surface area (TPSA) is 104 Å². The second-order valence-electron chi connectivity index (χ2n) is 5.59. The summed E-state index contributed by atoms with van der Waals surface area (Å²) in [6.07, 6.45) is 0.760. The first-order valence-corrected chi connectivity index (χ1v) is 10.0. The Kier molecular flexibility index (Phi) is 6.95. The van der Waals surface area contributed by atoms with E-state index in [1.165, 1.54) is 19.2 Å². The predicted octanol–water partition coefficient (Wildman–Crippen LogP) is 2.18. The highest BCUT2D eigenvalue weighted by Gasteiger charge is 2.19. The SMILES string of the molecule is CCc1ccccc1NC(=O)CNC(=O)c1ccc(Cl)c(S(=O)(=O)NC)c1. The van der Waals surface area contributed by atoms with Gasteiger partial charge in [-0.25, -0.2) is 13.1 Å². The molecule has 0 aliphatic carbocycles. The fourth-order valence-corrected chi connectivity index (χ4v) is 3.62. The number of sulfonamides is 1. The van der Waals surface area contributed by atoms with Gasteiger partial charge in [-0.2, -0.15) is 0 Å². The van der Waals surface area contributed by atoms with Crippen LogP contribution >= 0.6 is 11.6 Å². The van der Waals surface area contributed by atoms with E-state index in [1.54, 1.807) is 6.07 Å². The molecule has 0 heterocycles. The Bertz CT molecular complexity index is 961. The number of amides is 2. The van der Waals surface area contributed by atoms with Crippen LogP contribution in [-0.4, -0.2) is 33.8 Å². The first-order chi connectivity index (χ1) is 12.8. The average molecular weight is 410 g/mol. The molecule has 9 heteroatoms. The van der Waals surface area contributed by atoms with E-state index in [2.05, 4.69) is 15.4 Å². The van der Waals surface area contributed by atoms with Crippen molar-refractivity contribution in [3.8, 4) is 0 Å². The van der Waals surface area contributed by atoms with E-state index in [-0.39, 0.29) is 27.9 Å². The molecule has 0 aliphatic rings. The molecule has 2 rings (SSSR count). The third kappa shape index (κ3) is 5.29. The number of para-hydroxylation sites is 1. The number of rotatable bonds is 7. The molecule has 0 unspecified atom stereocenters. The van der Waals surface area contributed by atoms with Crippen molar-refractivity contribution >= 4 is 39.1 Å². The van der Waals surface area contributed by atoms with Crippen LogP contribution in [-0.2, 0) is 21.2 Å². The molecule has 144 valence electrons.